The summed E-state index contributed by atoms with van der Waals surface area (Å²) >= 11 is 0. The first-order valence-corrected chi connectivity index (χ1v) is 5.92. The summed E-state index contributed by atoms with van der Waals surface area (Å²) in [5.74, 6) is 0. The molecule has 0 saturated carbocycles. The van der Waals surface area contributed by atoms with Gasteiger partial charge in [-0.25, -0.2) is 0 Å². The molecule has 3 nitrogen and oxygen atoms in total. The standard InChI is InChI=1S/C16H13N3/c1-11-6-12(2)8-15(7-11)19-16-13(9-17)4-3-5-14(16)10-18/h3-8,19H,1-2H3. The highest BCUT2D eigenvalue weighted by molar-refractivity contribution is 5.73. The second-order valence-electron chi connectivity index (χ2n) is 4.45. The largest absolute Gasteiger partial charge is 0.353 e. The van der Waals surface area contributed by atoms with E-state index >= 15 is 0 Å². The zero-order chi connectivity index (χ0) is 13.8. The maximum absolute atomic E-state index is 9.13. The number of hydrogen-bond acceptors (Lipinski definition) is 3. The van der Waals surface area contributed by atoms with Gasteiger partial charge in [-0.15, -0.1) is 0 Å². The van der Waals surface area contributed by atoms with Gasteiger partial charge in [0.1, 0.15) is 12.1 Å². The summed E-state index contributed by atoms with van der Waals surface area (Å²) < 4.78 is 0. The Morgan fingerprint density at radius 1 is 0.895 bits per heavy atom. The van der Waals surface area contributed by atoms with E-state index in [4.69, 9.17) is 10.5 Å². The number of rotatable bonds is 2. The van der Waals surface area contributed by atoms with Crippen LogP contribution in [0, 0.1) is 36.5 Å². The molecule has 0 spiro atoms. The van der Waals surface area contributed by atoms with E-state index in [1.807, 2.05) is 26.0 Å². The van der Waals surface area contributed by atoms with Crippen LogP contribution in [-0.2, 0) is 0 Å². The van der Waals surface area contributed by atoms with Crippen molar-refractivity contribution in [1.29, 1.82) is 10.5 Å². The lowest BCUT2D eigenvalue weighted by Gasteiger charge is -2.11. The third-order valence-corrected chi connectivity index (χ3v) is 2.80. The van der Waals surface area contributed by atoms with Crippen LogP contribution >= 0.6 is 0 Å². The highest BCUT2D eigenvalue weighted by atomic mass is 14.9. The number of nitrogens with zero attached hydrogens (tertiary/aromatic N) is 2. The van der Waals surface area contributed by atoms with Crippen molar-refractivity contribution >= 4 is 11.4 Å². The van der Waals surface area contributed by atoms with E-state index < -0.39 is 0 Å². The smallest absolute Gasteiger partial charge is 0.101 e. The molecule has 0 unspecified atom stereocenters. The van der Waals surface area contributed by atoms with E-state index in [1.165, 1.54) is 0 Å². The first-order chi connectivity index (χ1) is 9.13. The van der Waals surface area contributed by atoms with Gasteiger partial charge >= 0.3 is 0 Å². The van der Waals surface area contributed by atoms with Crippen LogP contribution in [-0.4, -0.2) is 0 Å². The summed E-state index contributed by atoms with van der Waals surface area (Å²) in [6.07, 6.45) is 0. The third kappa shape index (κ3) is 2.73. The molecule has 19 heavy (non-hydrogen) atoms. The van der Waals surface area contributed by atoms with Crippen LogP contribution in [0.4, 0.5) is 11.4 Å². The predicted octanol–water partition coefficient (Wildman–Crippen LogP) is 3.79. The Morgan fingerprint density at radius 2 is 1.42 bits per heavy atom. The molecule has 0 aliphatic heterocycles. The average Bonchev–Trinajstić information content (AvgIpc) is 2.37. The molecule has 0 fully saturated rings. The Bertz CT molecular complexity index is 650. The van der Waals surface area contributed by atoms with E-state index in [0.717, 1.165) is 16.8 Å². The van der Waals surface area contributed by atoms with Crippen molar-refractivity contribution in [3.05, 3.63) is 58.7 Å². The second kappa shape index (κ2) is 5.25. The van der Waals surface area contributed by atoms with Gasteiger partial charge in [0.15, 0.2) is 0 Å². The van der Waals surface area contributed by atoms with Gasteiger partial charge in [-0.05, 0) is 49.2 Å². The molecule has 0 radical (unpaired) electrons. The SMILES string of the molecule is Cc1cc(C)cc(Nc2c(C#N)cccc2C#N)c1. The fourth-order valence-electron chi connectivity index (χ4n) is 2.06. The minimum atomic E-state index is 0.471. The quantitative estimate of drug-likeness (QED) is 0.878. The zero-order valence-electron chi connectivity index (χ0n) is 10.9. The fourth-order valence-corrected chi connectivity index (χ4v) is 2.06. The molecule has 3 heteroatoms. The molecule has 0 aliphatic carbocycles. The topological polar surface area (TPSA) is 59.6 Å². The van der Waals surface area contributed by atoms with Crippen LogP contribution < -0.4 is 5.32 Å². The van der Waals surface area contributed by atoms with Gasteiger partial charge in [0, 0.05) is 5.69 Å². The maximum Gasteiger partial charge on any atom is 0.101 e. The first kappa shape index (κ1) is 12.7. The van der Waals surface area contributed by atoms with Crippen molar-refractivity contribution in [2.45, 2.75) is 13.8 Å². The van der Waals surface area contributed by atoms with Crippen molar-refractivity contribution in [2.24, 2.45) is 0 Å². The molecular formula is C16H13N3. The number of para-hydroxylation sites is 1. The normalized spacial score (nSPS) is 9.47. The van der Waals surface area contributed by atoms with Crippen LogP contribution in [0.2, 0.25) is 0 Å². The van der Waals surface area contributed by atoms with Crippen LogP contribution in [0.15, 0.2) is 36.4 Å². The molecule has 0 aliphatic rings. The number of aryl methyl sites for hydroxylation is 2. The van der Waals surface area contributed by atoms with E-state index in [-0.39, 0.29) is 0 Å². The van der Waals surface area contributed by atoms with Gasteiger partial charge < -0.3 is 5.32 Å². The van der Waals surface area contributed by atoms with Gasteiger partial charge in [-0.2, -0.15) is 10.5 Å². The Morgan fingerprint density at radius 3 is 1.89 bits per heavy atom. The molecule has 1 N–H and O–H groups in total. The van der Waals surface area contributed by atoms with Gasteiger partial charge in [0.2, 0.25) is 0 Å². The third-order valence-electron chi connectivity index (χ3n) is 2.80. The molecule has 92 valence electrons. The van der Waals surface area contributed by atoms with E-state index in [2.05, 4.69) is 23.5 Å². The van der Waals surface area contributed by atoms with Crippen molar-refractivity contribution in [1.82, 2.24) is 0 Å². The van der Waals surface area contributed by atoms with Crippen molar-refractivity contribution in [3.8, 4) is 12.1 Å². The molecule has 0 amide bonds. The van der Waals surface area contributed by atoms with E-state index in [0.29, 0.717) is 16.8 Å². The van der Waals surface area contributed by atoms with E-state index in [1.54, 1.807) is 18.2 Å². The summed E-state index contributed by atoms with van der Waals surface area (Å²) in [6, 6.07) is 15.4. The maximum atomic E-state index is 9.13. The summed E-state index contributed by atoms with van der Waals surface area (Å²) in [7, 11) is 0. The minimum Gasteiger partial charge on any atom is -0.353 e. The number of nitrogens with one attached hydrogen (secondary N) is 1. The van der Waals surface area contributed by atoms with Crippen LogP contribution in [0.5, 0.6) is 0 Å². The summed E-state index contributed by atoms with van der Waals surface area (Å²) in [4.78, 5) is 0. The monoisotopic (exact) mass is 247 g/mol. The average molecular weight is 247 g/mol. The van der Waals surface area contributed by atoms with Crippen molar-refractivity contribution < 1.29 is 0 Å². The number of nitriles is 2. The summed E-state index contributed by atoms with van der Waals surface area (Å²) in [6.45, 7) is 4.03. The predicted molar refractivity (Wildman–Crippen MR) is 75.1 cm³/mol. The Balaban J connectivity index is 2.49. The van der Waals surface area contributed by atoms with Crippen LogP contribution in [0.25, 0.3) is 0 Å². The Hall–Kier alpha value is -2.78. The van der Waals surface area contributed by atoms with Gasteiger partial charge in [0.25, 0.3) is 0 Å². The number of anilines is 2. The lowest BCUT2D eigenvalue weighted by atomic mass is 10.1. The van der Waals surface area contributed by atoms with Gasteiger partial charge in [0.05, 0.1) is 16.8 Å². The van der Waals surface area contributed by atoms with Crippen LogP contribution in [0.1, 0.15) is 22.3 Å². The molecule has 0 heterocycles. The molecule has 0 bridgehead atoms. The highest BCUT2D eigenvalue weighted by Gasteiger charge is 2.08. The molecular weight excluding hydrogens is 234 g/mol. The zero-order valence-corrected chi connectivity index (χ0v) is 10.9. The molecule has 2 rings (SSSR count). The van der Waals surface area contributed by atoms with Gasteiger partial charge in [-0.1, -0.05) is 12.1 Å². The second-order valence-corrected chi connectivity index (χ2v) is 4.45. The molecule has 0 aromatic heterocycles. The molecule has 2 aromatic rings. The Labute approximate surface area is 112 Å². The number of hydrogen-bond donors (Lipinski definition) is 1. The molecule has 0 atom stereocenters. The minimum absolute atomic E-state index is 0.471. The molecule has 0 saturated heterocycles. The first-order valence-electron chi connectivity index (χ1n) is 5.92. The fraction of sp³-hybridized carbons (Fsp3) is 0.125. The van der Waals surface area contributed by atoms with E-state index in [9.17, 15) is 0 Å². The van der Waals surface area contributed by atoms with Crippen molar-refractivity contribution in [3.63, 3.8) is 0 Å². The van der Waals surface area contributed by atoms with Gasteiger partial charge in [-0.3, -0.25) is 0 Å². The van der Waals surface area contributed by atoms with Crippen LogP contribution in [0.3, 0.4) is 0 Å². The van der Waals surface area contributed by atoms with Crippen molar-refractivity contribution in [2.75, 3.05) is 5.32 Å². The highest BCUT2D eigenvalue weighted by Crippen LogP contribution is 2.25. The summed E-state index contributed by atoms with van der Waals surface area (Å²) in [5, 5.41) is 21.4. The summed E-state index contributed by atoms with van der Waals surface area (Å²) in [5.41, 5.74) is 4.66. The number of benzene rings is 2. The lowest BCUT2D eigenvalue weighted by Crippen LogP contribution is -1.97. The Kier molecular flexibility index (Phi) is 3.50. The lowest BCUT2D eigenvalue weighted by molar-refractivity contribution is 1.36. The molecule has 2 aromatic carbocycles.